The van der Waals surface area contributed by atoms with Gasteiger partial charge in [-0.1, -0.05) is 6.07 Å². The van der Waals surface area contributed by atoms with Gasteiger partial charge in [0.15, 0.2) is 0 Å². The summed E-state index contributed by atoms with van der Waals surface area (Å²) in [6, 6.07) is 4.03. The summed E-state index contributed by atoms with van der Waals surface area (Å²) in [5.41, 5.74) is 0.292. The zero-order chi connectivity index (χ0) is 11.5. The number of nitrogens with zero attached hydrogens (tertiary/aromatic N) is 1. The van der Waals surface area contributed by atoms with E-state index in [0.29, 0.717) is 11.0 Å². The molecule has 0 aromatic heterocycles. The minimum Gasteiger partial charge on any atom is -0.379 e. The van der Waals surface area contributed by atoms with Gasteiger partial charge < -0.3 is 4.74 Å². The van der Waals surface area contributed by atoms with E-state index in [-0.39, 0.29) is 0 Å². The van der Waals surface area contributed by atoms with Crippen LogP contribution < -0.4 is 0 Å². The Balaban J connectivity index is 1.99. The van der Waals surface area contributed by atoms with Crippen LogP contribution in [-0.4, -0.2) is 23.4 Å². The number of ether oxygens (including phenoxy) is 1. The molecule has 0 N–H and O–H groups in total. The van der Waals surface area contributed by atoms with Gasteiger partial charge in [-0.15, -0.1) is 11.8 Å². The van der Waals surface area contributed by atoms with Crippen LogP contribution in [0.3, 0.4) is 0 Å². The van der Waals surface area contributed by atoms with Crippen LogP contribution in [0, 0.1) is 15.9 Å². The molecule has 0 radical (unpaired) electrons. The monoisotopic (exact) mass is 243 g/mol. The van der Waals surface area contributed by atoms with E-state index in [1.54, 1.807) is 17.8 Å². The van der Waals surface area contributed by atoms with Crippen molar-refractivity contribution in [2.24, 2.45) is 0 Å². The van der Waals surface area contributed by atoms with Crippen LogP contribution in [-0.2, 0) is 10.5 Å². The van der Waals surface area contributed by atoms with Gasteiger partial charge in [-0.3, -0.25) is 10.1 Å². The van der Waals surface area contributed by atoms with E-state index >= 15 is 0 Å². The molecule has 86 valence electrons. The molecular formula is C10H10FNO3S. The number of hydrogen-bond donors (Lipinski definition) is 0. The number of benzene rings is 1. The van der Waals surface area contributed by atoms with E-state index in [2.05, 4.69) is 0 Å². The standard InChI is InChI=1S/C10H10FNO3S/c11-9-3-7(1-2-10(9)12(13)14)6-16-8-4-15-5-8/h1-3,8H,4-6H2. The van der Waals surface area contributed by atoms with Gasteiger partial charge >= 0.3 is 5.69 Å². The molecular weight excluding hydrogens is 233 g/mol. The van der Waals surface area contributed by atoms with Gasteiger partial charge in [-0.25, -0.2) is 0 Å². The Kier molecular flexibility index (Phi) is 3.40. The van der Waals surface area contributed by atoms with Crippen molar-refractivity contribution in [2.75, 3.05) is 13.2 Å². The predicted molar refractivity (Wildman–Crippen MR) is 59.0 cm³/mol. The second kappa shape index (κ2) is 4.80. The first-order valence-electron chi connectivity index (χ1n) is 4.79. The third kappa shape index (κ3) is 2.51. The van der Waals surface area contributed by atoms with E-state index in [4.69, 9.17) is 4.74 Å². The summed E-state index contributed by atoms with van der Waals surface area (Å²) in [4.78, 5) is 9.68. The second-order valence-electron chi connectivity index (χ2n) is 3.51. The van der Waals surface area contributed by atoms with E-state index in [0.717, 1.165) is 18.8 Å². The quantitative estimate of drug-likeness (QED) is 0.601. The average Bonchev–Trinajstić information content (AvgIpc) is 2.14. The molecule has 1 aromatic carbocycles. The maximum absolute atomic E-state index is 13.2. The molecule has 1 aliphatic rings. The lowest BCUT2D eigenvalue weighted by molar-refractivity contribution is -0.387. The number of halogens is 1. The average molecular weight is 243 g/mol. The molecule has 1 aromatic rings. The van der Waals surface area contributed by atoms with Crippen molar-refractivity contribution >= 4 is 17.4 Å². The van der Waals surface area contributed by atoms with Gasteiger partial charge in [0.2, 0.25) is 5.82 Å². The third-order valence-electron chi connectivity index (χ3n) is 2.30. The highest BCUT2D eigenvalue weighted by atomic mass is 32.2. The molecule has 1 heterocycles. The Morgan fingerprint density at radius 1 is 1.56 bits per heavy atom. The summed E-state index contributed by atoms with van der Waals surface area (Å²) in [5, 5.41) is 10.9. The van der Waals surface area contributed by atoms with Gasteiger partial charge in [-0.05, 0) is 11.6 Å². The van der Waals surface area contributed by atoms with Crippen molar-refractivity contribution in [3.63, 3.8) is 0 Å². The second-order valence-corrected chi connectivity index (χ2v) is 4.80. The van der Waals surface area contributed by atoms with Gasteiger partial charge in [-0.2, -0.15) is 4.39 Å². The molecule has 0 spiro atoms. The fourth-order valence-electron chi connectivity index (χ4n) is 1.31. The Morgan fingerprint density at radius 3 is 2.81 bits per heavy atom. The van der Waals surface area contributed by atoms with Gasteiger partial charge in [0, 0.05) is 11.8 Å². The largest absolute Gasteiger partial charge is 0.379 e. The lowest BCUT2D eigenvalue weighted by Gasteiger charge is -2.25. The van der Waals surface area contributed by atoms with Crippen LogP contribution in [0.25, 0.3) is 0 Å². The normalized spacial score (nSPS) is 15.8. The van der Waals surface area contributed by atoms with Gasteiger partial charge in [0.1, 0.15) is 0 Å². The van der Waals surface area contributed by atoms with E-state index in [1.165, 1.54) is 12.1 Å². The van der Waals surface area contributed by atoms with Crippen LogP contribution in [0.4, 0.5) is 10.1 Å². The van der Waals surface area contributed by atoms with Crippen LogP contribution in [0.5, 0.6) is 0 Å². The lowest BCUT2D eigenvalue weighted by Crippen LogP contribution is -2.30. The summed E-state index contributed by atoms with van der Waals surface area (Å²) < 4.78 is 18.3. The molecule has 1 fully saturated rings. The van der Waals surface area contributed by atoms with Crippen LogP contribution in [0.1, 0.15) is 5.56 Å². The first-order chi connectivity index (χ1) is 7.66. The Labute approximate surface area is 95.9 Å². The van der Waals surface area contributed by atoms with Crippen molar-refractivity contribution in [1.29, 1.82) is 0 Å². The fourth-order valence-corrected chi connectivity index (χ4v) is 2.31. The molecule has 2 rings (SSSR count). The molecule has 1 saturated heterocycles. The van der Waals surface area contributed by atoms with Crippen molar-refractivity contribution in [1.82, 2.24) is 0 Å². The Hall–Kier alpha value is -1.14. The maximum Gasteiger partial charge on any atom is 0.304 e. The third-order valence-corrected chi connectivity index (χ3v) is 3.55. The minimum atomic E-state index is -0.770. The Morgan fingerprint density at radius 2 is 2.31 bits per heavy atom. The molecule has 16 heavy (non-hydrogen) atoms. The lowest BCUT2D eigenvalue weighted by atomic mass is 10.2. The van der Waals surface area contributed by atoms with Gasteiger partial charge in [0.25, 0.3) is 0 Å². The van der Waals surface area contributed by atoms with Crippen molar-refractivity contribution in [3.8, 4) is 0 Å². The number of hydrogen-bond acceptors (Lipinski definition) is 4. The Bertz CT molecular complexity index is 409. The maximum atomic E-state index is 13.2. The van der Waals surface area contributed by atoms with Crippen molar-refractivity contribution in [2.45, 2.75) is 11.0 Å². The first kappa shape index (κ1) is 11.3. The van der Waals surface area contributed by atoms with Crippen LogP contribution in [0.2, 0.25) is 0 Å². The van der Waals surface area contributed by atoms with Gasteiger partial charge in [0.05, 0.1) is 23.4 Å². The molecule has 1 aliphatic heterocycles. The highest BCUT2D eigenvalue weighted by Crippen LogP contribution is 2.25. The molecule has 6 heteroatoms. The van der Waals surface area contributed by atoms with Crippen LogP contribution in [0.15, 0.2) is 18.2 Å². The summed E-state index contributed by atoms with van der Waals surface area (Å²) >= 11 is 1.68. The predicted octanol–water partition coefficient (Wildman–Crippen LogP) is 2.37. The summed E-state index contributed by atoms with van der Waals surface area (Å²) in [7, 11) is 0. The summed E-state index contributed by atoms with van der Waals surface area (Å²) in [6.45, 7) is 1.47. The number of nitro benzene ring substituents is 1. The summed E-state index contributed by atoms with van der Waals surface area (Å²) in [6.07, 6.45) is 0. The smallest absolute Gasteiger partial charge is 0.304 e. The SMILES string of the molecule is O=[N+]([O-])c1ccc(CSC2COC2)cc1F. The van der Waals surface area contributed by atoms with E-state index in [9.17, 15) is 14.5 Å². The molecule has 4 nitrogen and oxygen atoms in total. The number of rotatable bonds is 4. The van der Waals surface area contributed by atoms with E-state index < -0.39 is 16.4 Å². The van der Waals surface area contributed by atoms with E-state index in [1.807, 2.05) is 0 Å². The topological polar surface area (TPSA) is 52.4 Å². The number of nitro groups is 1. The molecule has 0 atom stereocenters. The molecule has 0 amide bonds. The first-order valence-corrected chi connectivity index (χ1v) is 5.84. The van der Waals surface area contributed by atoms with Crippen molar-refractivity contribution < 1.29 is 14.1 Å². The van der Waals surface area contributed by atoms with Crippen LogP contribution >= 0.6 is 11.8 Å². The zero-order valence-corrected chi connectivity index (χ0v) is 9.21. The zero-order valence-electron chi connectivity index (χ0n) is 8.39. The van der Waals surface area contributed by atoms with Crippen molar-refractivity contribution in [3.05, 3.63) is 39.7 Å². The minimum absolute atomic E-state index is 0.471. The molecule has 0 unspecified atom stereocenters. The fraction of sp³-hybridized carbons (Fsp3) is 0.400. The summed E-state index contributed by atoms with van der Waals surface area (Å²) in [5.74, 6) is -0.115. The molecule has 0 bridgehead atoms. The molecule has 0 saturated carbocycles. The highest BCUT2D eigenvalue weighted by molar-refractivity contribution is 7.99. The number of thioether (sulfide) groups is 1. The highest BCUT2D eigenvalue weighted by Gasteiger charge is 2.19. The molecule has 0 aliphatic carbocycles.